The third-order valence-corrected chi connectivity index (χ3v) is 7.60. The SMILES string of the molecule is C[C@@H]1CC[C@@H]2[C@@H](C1)O[C@H]1[C@H]3Cc4ccccc4C[C@@H]3C(=O)N1C2(C)C. The van der Waals surface area contributed by atoms with Crippen LogP contribution < -0.4 is 0 Å². The Morgan fingerprint density at radius 1 is 1.12 bits per heavy atom. The summed E-state index contributed by atoms with van der Waals surface area (Å²) in [4.78, 5) is 15.5. The van der Waals surface area contributed by atoms with Gasteiger partial charge in [0.15, 0.2) is 0 Å². The lowest BCUT2D eigenvalue weighted by molar-refractivity contribution is -0.227. The van der Waals surface area contributed by atoms with E-state index in [2.05, 4.69) is 49.9 Å². The van der Waals surface area contributed by atoms with Gasteiger partial charge in [0, 0.05) is 23.3 Å². The van der Waals surface area contributed by atoms with Crippen molar-refractivity contribution in [3.63, 3.8) is 0 Å². The van der Waals surface area contributed by atoms with Crippen molar-refractivity contribution in [3.8, 4) is 0 Å². The molecule has 4 aliphatic rings. The molecule has 2 aliphatic carbocycles. The molecular weight excluding hydrogens is 310 g/mol. The normalized spacial score (nSPS) is 41.6. The highest BCUT2D eigenvalue weighted by Gasteiger charge is 2.61. The Labute approximate surface area is 150 Å². The predicted molar refractivity (Wildman–Crippen MR) is 96.9 cm³/mol. The van der Waals surface area contributed by atoms with Crippen LogP contribution in [0.15, 0.2) is 24.3 Å². The highest BCUT2D eigenvalue weighted by Crippen LogP contribution is 2.52. The van der Waals surface area contributed by atoms with Gasteiger partial charge in [0.05, 0.1) is 6.10 Å². The first-order valence-corrected chi connectivity index (χ1v) is 10.0. The first-order valence-electron chi connectivity index (χ1n) is 10.0. The fraction of sp³-hybridized carbons (Fsp3) is 0.682. The monoisotopic (exact) mass is 339 g/mol. The third-order valence-electron chi connectivity index (χ3n) is 7.60. The summed E-state index contributed by atoms with van der Waals surface area (Å²) in [7, 11) is 0. The zero-order valence-corrected chi connectivity index (χ0v) is 15.6. The van der Waals surface area contributed by atoms with Crippen molar-refractivity contribution in [3.05, 3.63) is 35.4 Å². The Balaban J connectivity index is 1.52. The van der Waals surface area contributed by atoms with E-state index in [4.69, 9.17) is 4.74 Å². The van der Waals surface area contributed by atoms with Gasteiger partial charge in [-0.1, -0.05) is 37.6 Å². The summed E-state index contributed by atoms with van der Waals surface area (Å²) < 4.78 is 6.68. The second kappa shape index (κ2) is 5.33. The minimum absolute atomic E-state index is 0.0209. The Bertz CT molecular complexity index is 712. The lowest BCUT2D eigenvalue weighted by Crippen LogP contribution is -2.64. The standard InChI is InChI=1S/C22H29NO2/c1-13-8-9-18-19(10-13)25-21-17-12-15-7-5-4-6-14(15)11-16(17)20(24)23(21)22(18,2)3/h4-7,13,16-19,21H,8-12H2,1-3H3/t13-,16+,17+,18-,19-,21+/m1/s1. The van der Waals surface area contributed by atoms with Crippen molar-refractivity contribution in [2.24, 2.45) is 23.7 Å². The van der Waals surface area contributed by atoms with Gasteiger partial charge in [0.2, 0.25) is 5.91 Å². The number of rotatable bonds is 0. The lowest BCUT2D eigenvalue weighted by atomic mass is 9.69. The number of ether oxygens (including phenoxy) is 1. The highest BCUT2D eigenvalue weighted by molar-refractivity contribution is 5.83. The van der Waals surface area contributed by atoms with Gasteiger partial charge in [-0.05, 0) is 56.6 Å². The van der Waals surface area contributed by atoms with E-state index in [0.717, 1.165) is 25.2 Å². The molecule has 25 heavy (non-hydrogen) atoms. The second-order valence-electron chi connectivity index (χ2n) is 9.40. The quantitative estimate of drug-likeness (QED) is 0.719. The van der Waals surface area contributed by atoms with Crippen molar-refractivity contribution in [1.82, 2.24) is 4.90 Å². The molecule has 134 valence electrons. The van der Waals surface area contributed by atoms with Crippen molar-refractivity contribution >= 4 is 5.91 Å². The van der Waals surface area contributed by atoms with Crippen molar-refractivity contribution in [2.45, 2.75) is 70.7 Å². The fourth-order valence-corrected chi connectivity index (χ4v) is 6.22. The molecule has 0 spiro atoms. The van der Waals surface area contributed by atoms with Crippen LogP contribution in [0.4, 0.5) is 0 Å². The maximum atomic E-state index is 13.4. The first kappa shape index (κ1) is 15.9. The zero-order valence-electron chi connectivity index (χ0n) is 15.6. The number of carbonyl (C=O) groups is 1. The van der Waals surface area contributed by atoms with Crippen LogP contribution in [0.1, 0.15) is 51.2 Å². The van der Waals surface area contributed by atoms with E-state index in [9.17, 15) is 4.79 Å². The summed E-state index contributed by atoms with van der Waals surface area (Å²) in [6, 6.07) is 8.66. The number of amides is 1. The third kappa shape index (κ3) is 2.17. The Kier molecular flexibility index (Phi) is 3.38. The average Bonchev–Trinajstić information content (AvgIpc) is 2.85. The maximum absolute atomic E-state index is 13.4. The molecule has 1 aromatic carbocycles. The minimum Gasteiger partial charge on any atom is -0.354 e. The Morgan fingerprint density at radius 2 is 1.84 bits per heavy atom. The van der Waals surface area contributed by atoms with Gasteiger partial charge in [0.25, 0.3) is 0 Å². The molecule has 0 aromatic heterocycles. The van der Waals surface area contributed by atoms with Gasteiger partial charge < -0.3 is 9.64 Å². The zero-order chi connectivity index (χ0) is 17.3. The molecule has 1 amide bonds. The van der Waals surface area contributed by atoms with Gasteiger partial charge in [0.1, 0.15) is 6.23 Å². The van der Waals surface area contributed by atoms with Crippen LogP contribution >= 0.6 is 0 Å². The largest absolute Gasteiger partial charge is 0.354 e. The van der Waals surface area contributed by atoms with Crippen LogP contribution in [0.2, 0.25) is 0 Å². The topological polar surface area (TPSA) is 29.5 Å². The van der Waals surface area contributed by atoms with Gasteiger partial charge in [-0.2, -0.15) is 0 Å². The van der Waals surface area contributed by atoms with Crippen molar-refractivity contribution in [2.75, 3.05) is 0 Å². The van der Waals surface area contributed by atoms with Crippen LogP contribution in [0.25, 0.3) is 0 Å². The van der Waals surface area contributed by atoms with Gasteiger partial charge in [-0.25, -0.2) is 0 Å². The molecule has 2 aliphatic heterocycles. The smallest absolute Gasteiger partial charge is 0.228 e. The van der Waals surface area contributed by atoms with E-state index in [1.807, 2.05) is 0 Å². The summed E-state index contributed by atoms with van der Waals surface area (Å²) in [5.41, 5.74) is 2.69. The Hall–Kier alpha value is -1.35. The van der Waals surface area contributed by atoms with Crippen LogP contribution in [0, 0.1) is 23.7 Å². The minimum atomic E-state index is -0.0890. The molecule has 3 heteroatoms. The summed E-state index contributed by atoms with van der Waals surface area (Å²) in [6.07, 6.45) is 5.77. The molecule has 0 unspecified atom stereocenters. The molecule has 1 aromatic rings. The second-order valence-corrected chi connectivity index (χ2v) is 9.40. The maximum Gasteiger partial charge on any atom is 0.228 e. The van der Waals surface area contributed by atoms with E-state index >= 15 is 0 Å². The molecule has 2 saturated heterocycles. The lowest BCUT2D eigenvalue weighted by Gasteiger charge is -2.56. The first-order chi connectivity index (χ1) is 12.0. The number of fused-ring (bicyclic) bond motifs is 5. The number of benzene rings is 1. The van der Waals surface area contributed by atoms with Gasteiger partial charge >= 0.3 is 0 Å². The fourth-order valence-electron chi connectivity index (χ4n) is 6.22. The van der Waals surface area contributed by atoms with Crippen molar-refractivity contribution < 1.29 is 9.53 Å². The summed E-state index contributed by atoms with van der Waals surface area (Å²) >= 11 is 0. The molecule has 0 radical (unpaired) electrons. The molecule has 0 N–H and O–H groups in total. The van der Waals surface area contributed by atoms with Crippen LogP contribution in [-0.4, -0.2) is 28.7 Å². The molecule has 0 bridgehead atoms. The number of hydrogen-bond acceptors (Lipinski definition) is 2. The number of nitrogens with zero attached hydrogens (tertiary/aromatic N) is 1. The predicted octanol–water partition coefficient (Wildman–Crippen LogP) is 3.80. The van der Waals surface area contributed by atoms with Gasteiger partial charge in [-0.15, -0.1) is 0 Å². The molecule has 5 rings (SSSR count). The summed E-state index contributed by atoms with van der Waals surface area (Å²) in [5.74, 6) is 1.98. The van der Waals surface area contributed by atoms with E-state index in [1.165, 1.54) is 24.0 Å². The summed E-state index contributed by atoms with van der Waals surface area (Å²) in [5, 5.41) is 0. The van der Waals surface area contributed by atoms with Gasteiger partial charge in [-0.3, -0.25) is 4.79 Å². The van der Waals surface area contributed by atoms with Crippen LogP contribution in [0.5, 0.6) is 0 Å². The molecule has 3 fully saturated rings. The van der Waals surface area contributed by atoms with Crippen molar-refractivity contribution in [1.29, 1.82) is 0 Å². The van der Waals surface area contributed by atoms with E-state index in [0.29, 0.717) is 23.8 Å². The number of hydrogen-bond donors (Lipinski definition) is 0. The van der Waals surface area contributed by atoms with E-state index < -0.39 is 0 Å². The van der Waals surface area contributed by atoms with Crippen LogP contribution in [0.3, 0.4) is 0 Å². The molecule has 2 heterocycles. The molecule has 6 atom stereocenters. The molecule has 1 saturated carbocycles. The van der Waals surface area contributed by atoms with Crippen LogP contribution in [-0.2, 0) is 22.4 Å². The van der Waals surface area contributed by atoms with E-state index in [-0.39, 0.29) is 17.7 Å². The number of carbonyl (C=O) groups excluding carboxylic acids is 1. The highest BCUT2D eigenvalue weighted by atomic mass is 16.5. The Morgan fingerprint density at radius 3 is 2.60 bits per heavy atom. The average molecular weight is 339 g/mol. The molecule has 3 nitrogen and oxygen atoms in total. The molecular formula is C22H29NO2. The van der Waals surface area contributed by atoms with E-state index in [1.54, 1.807) is 0 Å². The summed E-state index contributed by atoms with van der Waals surface area (Å²) in [6.45, 7) is 6.93.